The Morgan fingerprint density at radius 1 is 0.718 bits per heavy atom. The summed E-state index contributed by atoms with van der Waals surface area (Å²) in [6.07, 6.45) is 3.40. The minimum atomic E-state index is 0.00454. The first-order valence-electron chi connectivity index (χ1n) is 12.1. The number of aliphatic hydroxyl groups excluding tert-OH is 1. The van der Waals surface area contributed by atoms with Gasteiger partial charge in [0.1, 0.15) is 11.0 Å². The SMILES string of the molecule is Nc1nc(Cl)nc2c1ncn2Cc1ccccc1.Nc1nc(NCCO)nc2c1ncn2Cc1ccccc1. The van der Waals surface area contributed by atoms with Crippen LogP contribution in [0.3, 0.4) is 0 Å². The molecule has 4 heterocycles. The standard InChI is InChI=1S/C14H16N6O.C12H10ClN5/c15-12-11-13(19-14(18-12)16-6-7-21)20(9-17-11)8-10-4-2-1-3-5-10;13-12-16-10(14)9-11(17-12)18(7-15-9)6-8-4-2-1-3-5-8/h1-5,9,21H,6-8H2,(H3,15,16,18,19);1-5,7H,6H2,(H2,14,16,17). The quantitative estimate of drug-likeness (QED) is 0.219. The summed E-state index contributed by atoms with van der Waals surface area (Å²) in [5.74, 6) is 1.02. The van der Waals surface area contributed by atoms with E-state index in [1.807, 2.05) is 69.8 Å². The maximum absolute atomic E-state index is 8.85. The number of nitrogens with one attached hydrogen (secondary N) is 1. The van der Waals surface area contributed by atoms with Crippen LogP contribution >= 0.6 is 11.6 Å². The molecule has 6 rings (SSSR count). The summed E-state index contributed by atoms with van der Waals surface area (Å²) in [7, 11) is 0. The molecule has 0 aliphatic heterocycles. The zero-order valence-corrected chi connectivity index (χ0v) is 21.6. The Morgan fingerprint density at radius 3 is 1.77 bits per heavy atom. The Morgan fingerprint density at radius 2 is 1.23 bits per heavy atom. The maximum atomic E-state index is 8.85. The lowest BCUT2D eigenvalue weighted by Crippen LogP contribution is -2.10. The predicted octanol–water partition coefficient (Wildman–Crippen LogP) is 2.97. The number of hydrogen-bond donors (Lipinski definition) is 4. The second kappa shape index (κ2) is 11.7. The topological polar surface area (TPSA) is 172 Å². The van der Waals surface area contributed by atoms with Crippen molar-refractivity contribution in [2.24, 2.45) is 0 Å². The molecule has 4 aromatic heterocycles. The second-order valence-electron chi connectivity index (χ2n) is 8.52. The second-order valence-corrected chi connectivity index (χ2v) is 8.86. The summed E-state index contributed by atoms with van der Waals surface area (Å²) in [5, 5.41) is 11.9. The third-order valence-electron chi connectivity index (χ3n) is 5.74. The average Bonchev–Trinajstić information content (AvgIpc) is 3.53. The molecule has 0 aliphatic carbocycles. The molecule has 39 heavy (non-hydrogen) atoms. The molecule has 198 valence electrons. The molecule has 0 atom stereocenters. The van der Waals surface area contributed by atoms with Crippen LogP contribution in [-0.2, 0) is 13.1 Å². The number of hydrogen-bond acceptors (Lipinski definition) is 10. The third kappa shape index (κ3) is 6.03. The van der Waals surface area contributed by atoms with Crippen LogP contribution < -0.4 is 16.8 Å². The van der Waals surface area contributed by atoms with Crippen LogP contribution in [0.1, 0.15) is 11.1 Å². The highest BCUT2D eigenvalue weighted by Gasteiger charge is 2.12. The van der Waals surface area contributed by atoms with Gasteiger partial charge >= 0.3 is 0 Å². The van der Waals surface area contributed by atoms with Gasteiger partial charge in [-0.1, -0.05) is 60.7 Å². The molecule has 0 aliphatic rings. The van der Waals surface area contributed by atoms with Gasteiger partial charge in [-0.2, -0.15) is 19.9 Å². The molecule has 6 aromatic rings. The summed E-state index contributed by atoms with van der Waals surface area (Å²) in [6, 6.07) is 20.1. The summed E-state index contributed by atoms with van der Waals surface area (Å²) in [5.41, 5.74) is 16.5. The summed E-state index contributed by atoms with van der Waals surface area (Å²) < 4.78 is 3.82. The van der Waals surface area contributed by atoms with Crippen molar-refractivity contribution in [1.29, 1.82) is 0 Å². The van der Waals surface area contributed by atoms with Gasteiger partial charge in [0.2, 0.25) is 11.2 Å². The van der Waals surface area contributed by atoms with E-state index in [-0.39, 0.29) is 11.9 Å². The van der Waals surface area contributed by atoms with E-state index in [2.05, 4.69) is 35.2 Å². The summed E-state index contributed by atoms with van der Waals surface area (Å²) in [6.45, 7) is 1.71. The number of halogens is 1. The highest BCUT2D eigenvalue weighted by molar-refractivity contribution is 6.28. The fourth-order valence-corrected chi connectivity index (χ4v) is 4.11. The molecule has 0 amide bonds. The molecule has 0 fully saturated rings. The van der Waals surface area contributed by atoms with Crippen LogP contribution in [0.5, 0.6) is 0 Å². The minimum Gasteiger partial charge on any atom is -0.395 e. The predicted molar refractivity (Wildman–Crippen MR) is 151 cm³/mol. The van der Waals surface area contributed by atoms with E-state index in [4.69, 9.17) is 28.2 Å². The normalized spacial score (nSPS) is 10.9. The lowest BCUT2D eigenvalue weighted by molar-refractivity contribution is 0.311. The number of aromatic nitrogens is 8. The Bertz CT molecular complexity index is 1690. The highest BCUT2D eigenvalue weighted by atomic mass is 35.5. The number of nitrogens with zero attached hydrogens (tertiary/aromatic N) is 8. The van der Waals surface area contributed by atoms with Gasteiger partial charge in [-0.15, -0.1) is 0 Å². The van der Waals surface area contributed by atoms with Crippen molar-refractivity contribution < 1.29 is 5.11 Å². The number of benzene rings is 2. The van der Waals surface area contributed by atoms with Gasteiger partial charge in [0.25, 0.3) is 0 Å². The van der Waals surface area contributed by atoms with Crippen molar-refractivity contribution in [3.8, 4) is 0 Å². The van der Waals surface area contributed by atoms with Gasteiger partial charge in [-0.25, -0.2) is 9.97 Å². The van der Waals surface area contributed by atoms with Crippen molar-refractivity contribution in [1.82, 2.24) is 39.0 Å². The largest absolute Gasteiger partial charge is 0.395 e. The molecule has 0 bridgehead atoms. The molecule has 2 aromatic carbocycles. The molecular formula is C26H26ClN11O. The first kappa shape index (κ1) is 25.8. The number of rotatable bonds is 7. The van der Waals surface area contributed by atoms with Gasteiger partial charge in [0, 0.05) is 6.54 Å². The average molecular weight is 544 g/mol. The van der Waals surface area contributed by atoms with Gasteiger partial charge in [0.05, 0.1) is 32.4 Å². The number of nitrogens with two attached hydrogens (primary N) is 2. The number of fused-ring (bicyclic) bond motifs is 2. The molecule has 0 saturated heterocycles. The zero-order valence-electron chi connectivity index (χ0n) is 20.8. The van der Waals surface area contributed by atoms with E-state index in [1.54, 1.807) is 12.7 Å². The van der Waals surface area contributed by atoms with E-state index in [0.29, 0.717) is 59.5 Å². The Kier molecular flexibility index (Phi) is 7.75. The number of nitrogen functional groups attached to an aromatic ring is 2. The van der Waals surface area contributed by atoms with Crippen LogP contribution in [0.25, 0.3) is 22.3 Å². The van der Waals surface area contributed by atoms with Crippen LogP contribution in [0, 0.1) is 0 Å². The number of anilines is 3. The lowest BCUT2D eigenvalue weighted by atomic mass is 10.2. The Hall–Kier alpha value is -4.81. The van der Waals surface area contributed by atoms with Crippen LogP contribution in [0.4, 0.5) is 17.6 Å². The molecule has 0 saturated carbocycles. The van der Waals surface area contributed by atoms with Gasteiger partial charge in [0.15, 0.2) is 22.9 Å². The molecular weight excluding hydrogens is 518 g/mol. The van der Waals surface area contributed by atoms with E-state index in [1.165, 1.54) is 0 Å². The lowest BCUT2D eigenvalue weighted by Gasteiger charge is -2.07. The van der Waals surface area contributed by atoms with Gasteiger partial charge in [-0.3, -0.25) is 0 Å². The fraction of sp³-hybridized carbons (Fsp3) is 0.154. The number of aliphatic hydroxyl groups is 1. The summed E-state index contributed by atoms with van der Waals surface area (Å²) in [4.78, 5) is 25.1. The zero-order chi connectivity index (χ0) is 27.2. The summed E-state index contributed by atoms with van der Waals surface area (Å²) >= 11 is 5.81. The first-order valence-corrected chi connectivity index (χ1v) is 12.4. The van der Waals surface area contributed by atoms with Crippen molar-refractivity contribution in [3.63, 3.8) is 0 Å². The Balaban J connectivity index is 0.000000160. The van der Waals surface area contributed by atoms with E-state index >= 15 is 0 Å². The van der Waals surface area contributed by atoms with E-state index in [0.717, 1.165) is 11.1 Å². The van der Waals surface area contributed by atoms with Crippen molar-refractivity contribution >= 4 is 51.5 Å². The molecule has 0 spiro atoms. The minimum absolute atomic E-state index is 0.00454. The third-order valence-corrected chi connectivity index (χ3v) is 5.91. The molecule has 13 heteroatoms. The molecule has 0 unspecified atom stereocenters. The highest BCUT2D eigenvalue weighted by Crippen LogP contribution is 2.20. The van der Waals surface area contributed by atoms with Crippen LogP contribution in [-0.4, -0.2) is 57.3 Å². The molecule has 12 nitrogen and oxygen atoms in total. The number of imidazole rings is 2. The van der Waals surface area contributed by atoms with Gasteiger partial charge < -0.3 is 31.0 Å². The van der Waals surface area contributed by atoms with Crippen LogP contribution in [0.15, 0.2) is 73.3 Å². The van der Waals surface area contributed by atoms with E-state index in [9.17, 15) is 0 Å². The monoisotopic (exact) mass is 543 g/mol. The fourth-order valence-electron chi connectivity index (χ4n) is 3.94. The molecule has 6 N–H and O–H groups in total. The van der Waals surface area contributed by atoms with Crippen molar-refractivity contribution in [2.45, 2.75) is 13.1 Å². The van der Waals surface area contributed by atoms with Crippen LogP contribution in [0.2, 0.25) is 5.28 Å². The smallest absolute Gasteiger partial charge is 0.226 e. The maximum Gasteiger partial charge on any atom is 0.226 e. The molecule has 0 radical (unpaired) electrons. The first-order chi connectivity index (χ1) is 19.0. The Labute approximate surface area is 228 Å². The van der Waals surface area contributed by atoms with Gasteiger partial charge in [-0.05, 0) is 22.7 Å². The van der Waals surface area contributed by atoms with E-state index < -0.39 is 0 Å². The van der Waals surface area contributed by atoms with Crippen molar-refractivity contribution in [3.05, 3.63) is 89.7 Å². The van der Waals surface area contributed by atoms with Crippen molar-refractivity contribution in [2.75, 3.05) is 29.9 Å².